The summed E-state index contributed by atoms with van der Waals surface area (Å²) in [5.41, 5.74) is 15.0. The molecule has 2 aliphatic heterocycles. The fourth-order valence-corrected chi connectivity index (χ4v) is 11.2. The molecule has 2 aliphatic rings. The average molecular weight is 1090 g/mol. The van der Waals surface area contributed by atoms with Gasteiger partial charge in [0.05, 0.1) is 0 Å². The molecular formula is C62H52BN5OPt. The van der Waals surface area contributed by atoms with Gasteiger partial charge in [0.2, 0.25) is 0 Å². The molecule has 8 aromatic carbocycles. The summed E-state index contributed by atoms with van der Waals surface area (Å²) in [6, 6.07) is 61.7. The van der Waals surface area contributed by atoms with Crippen molar-refractivity contribution in [1.82, 2.24) is 14.1 Å². The standard InChI is InChI=1S/C62H52BN5O.Pt/c1-61(2,3)44-37-43(38-45(39-44)62(4,5)6)49-28-19-27-48(42-21-8-7-9-22-42)60(49)66-41-65(54-31-14-15-32-55(54)66)46-23-18-24-47(40-46)69-59-36-20-35-58(64-59)68-57-34-17-16-33-56(57)67-53-30-13-11-26-51(53)50-25-10-12-29-52(50)63(67)68;/h7-40H,1-6H3;/i14D,15D,31D,32D;. The maximum atomic E-state index is 9.66. The third-order valence-electron chi connectivity index (χ3n) is 13.6. The van der Waals surface area contributed by atoms with E-state index in [1.807, 2.05) is 69.8 Å². The van der Waals surface area contributed by atoms with Gasteiger partial charge in [-0.2, -0.15) is 0 Å². The number of hydrogen-bond acceptors (Lipinski definition) is 4. The van der Waals surface area contributed by atoms with Crippen LogP contribution in [0.2, 0.25) is 0 Å². The number of nitrogens with zero attached hydrogens (tertiary/aromatic N) is 5. The van der Waals surface area contributed by atoms with Crippen LogP contribution in [0.3, 0.4) is 0 Å². The van der Waals surface area contributed by atoms with Gasteiger partial charge in [-0.15, -0.1) is 0 Å². The van der Waals surface area contributed by atoms with Crippen LogP contribution in [0.15, 0.2) is 206 Å². The van der Waals surface area contributed by atoms with Crippen molar-refractivity contribution in [3.8, 4) is 56.4 Å². The zero-order valence-electron chi connectivity index (χ0n) is 43.9. The molecule has 12 rings (SSSR count). The molecule has 0 saturated carbocycles. The first-order valence-electron chi connectivity index (χ1n) is 25.7. The van der Waals surface area contributed by atoms with E-state index in [2.05, 4.69) is 192 Å². The molecule has 8 heteroatoms. The summed E-state index contributed by atoms with van der Waals surface area (Å²) in [5, 5.41) is 0. The number of ether oxygens (including phenoxy) is 1. The molecule has 0 spiro atoms. The zero-order chi connectivity index (χ0) is 51.4. The van der Waals surface area contributed by atoms with E-state index >= 15 is 0 Å². The number of hydrogen-bond donors (Lipinski definition) is 0. The summed E-state index contributed by atoms with van der Waals surface area (Å²) in [5.74, 6) is 1.64. The van der Waals surface area contributed by atoms with Crippen LogP contribution in [-0.2, 0) is 30.2 Å². The van der Waals surface area contributed by atoms with Crippen LogP contribution in [0.4, 0.5) is 22.9 Å². The first-order valence-corrected chi connectivity index (χ1v) is 24.9. The molecule has 70 heavy (non-hydrogen) atoms. The summed E-state index contributed by atoms with van der Waals surface area (Å²) in [4.78, 5) is 9.91. The van der Waals surface area contributed by atoms with E-state index in [4.69, 9.17) is 12.5 Å². The molecule has 0 N–H and O–H groups in total. The zero-order valence-corrected chi connectivity index (χ0v) is 42.1. The Morgan fingerprint density at radius 2 is 1.09 bits per heavy atom. The van der Waals surface area contributed by atoms with E-state index < -0.39 is 0 Å². The van der Waals surface area contributed by atoms with E-state index in [1.54, 1.807) is 0 Å². The summed E-state index contributed by atoms with van der Waals surface area (Å²) >= 11 is 2.30. The first-order chi connectivity index (χ1) is 35.6. The van der Waals surface area contributed by atoms with Gasteiger partial charge in [0.15, 0.2) is 0 Å². The van der Waals surface area contributed by atoms with Crippen LogP contribution in [0, 0.1) is 3.80 Å². The SMILES string of the molecule is [2H]c1c([2H])c([2H])c2c(c1[2H])n(-c1cccc(Oc3cccc(N4B5c6ccccc6-c6ccccc6N5c5ccccc54)n3)c1)[c](=[Pt])n2-c1c(-c2ccccc2)cccc1-c1cc(C(C)(C)C)cc(C(C)(C)C)c1. The van der Waals surface area contributed by atoms with Crippen molar-refractivity contribution in [1.29, 1.82) is 0 Å². The van der Waals surface area contributed by atoms with E-state index in [0.29, 0.717) is 32.2 Å². The van der Waals surface area contributed by atoms with Gasteiger partial charge in [-0.1, -0.05) is 54.6 Å². The van der Waals surface area contributed by atoms with Gasteiger partial charge in [0, 0.05) is 11.3 Å². The van der Waals surface area contributed by atoms with Crippen molar-refractivity contribution in [2.24, 2.45) is 0 Å². The minimum absolute atomic E-state index is 0.134. The topological polar surface area (TPSA) is 38.5 Å². The van der Waals surface area contributed by atoms with E-state index in [9.17, 15) is 2.74 Å². The Kier molecular flexibility index (Phi) is 9.50. The predicted molar refractivity (Wildman–Crippen MR) is 286 cm³/mol. The molecular weight excluding hydrogens is 1040 g/mol. The molecule has 10 aromatic rings. The van der Waals surface area contributed by atoms with Crippen molar-refractivity contribution in [2.75, 3.05) is 9.62 Å². The molecule has 0 unspecified atom stereocenters. The molecule has 0 radical (unpaired) electrons. The number of fused-ring (bicyclic) bond motifs is 9. The summed E-state index contributed by atoms with van der Waals surface area (Å²) in [7, 11) is 0. The Morgan fingerprint density at radius 1 is 0.514 bits per heavy atom. The molecule has 0 aliphatic carbocycles. The third kappa shape index (κ3) is 7.38. The normalized spacial score (nSPS) is 13.8. The van der Waals surface area contributed by atoms with Gasteiger partial charge in [-0.05, 0) is 17.7 Å². The second-order valence-corrected chi connectivity index (χ2v) is 21.1. The van der Waals surface area contributed by atoms with E-state index in [0.717, 1.165) is 50.8 Å². The fourth-order valence-electron chi connectivity index (χ4n) is 10.2. The number of imidazole rings is 1. The third-order valence-corrected chi connectivity index (χ3v) is 14.6. The second-order valence-electron chi connectivity index (χ2n) is 20.1. The fraction of sp³-hybridized carbons (Fsp3) is 0.129. The summed E-state index contributed by atoms with van der Waals surface area (Å²) in [6.45, 7) is 13.2. The monoisotopic (exact) mass is 1090 g/mol. The Labute approximate surface area is 427 Å². The average Bonchev–Trinajstić information content (AvgIpc) is 3.92. The van der Waals surface area contributed by atoms with Gasteiger partial charge in [0.1, 0.15) is 0 Å². The van der Waals surface area contributed by atoms with Crippen LogP contribution in [-0.4, -0.2) is 21.1 Å². The number of aromatic nitrogens is 3. The molecule has 6 nitrogen and oxygen atoms in total. The van der Waals surface area contributed by atoms with E-state index in [-0.39, 0.29) is 42.0 Å². The van der Waals surface area contributed by atoms with E-state index in [1.165, 1.54) is 27.7 Å². The maximum absolute atomic E-state index is 9.66. The van der Waals surface area contributed by atoms with Crippen molar-refractivity contribution < 1.29 is 29.6 Å². The first kappa shape index (κ1) is 39.4. The number of benzene rings is 8. The quantitative estimate of drug-likeness (QED) is 0.149. The molecule has 344 valence electrons. The molecule has 2 aromatic heterocycles. The van der Waals surface area contributed by atoms with Crippen LogP contribution in [0.5, 0.6) is 11.6 Å². The predicted octanol–water partition coefficient (Wildman–Crippen LogP) is 15.3. The van der Waals surface area contributed by atoms with Crippen molar-refractivity contribution >= 4 is 46.4 Å². The molecule has 0 bridgehead atoms. The van der Waals surface area contributed by atoms with Crippen molar-refractivity contribution in [2.45, 2.75) is 52.4 Å². The molecule has 0 amide bonds. The molecule has 0 atom stereocenters. The van der Waals surface area contributed by atoms with Crippen LogP contribution >= 0.6 is 0 Å². The number of rotatable bonds is 7. The minimum atomic E-state index is -0.311. The second kappa shape index (κ2) is 16.9. The summed E-state index contributed by atoms with van der Waals surface area (Å²) < 4.78 is 48.7. The van der Waals surface area contributed by atoms with Crippen LogP contribution in [0.25, 0.3) is 55.8 Å². The van der Waals surface area contributed by atoms with Gasteiger partial charge < -0.3 is 0 Å². The Hall–Kier alpha value is -7.47. The molecule has 0 saturated heterocycles. The van der Waals surface area contributed by atoms with Crippen molar-refractivity contribution in [3.05, 3.63) is 221 Å². The van der Waals surface area contributed by atoms with Crippen LogP contribution in [0.1, 0.15) is 58.2 Å². The summed E-state index contributed by atoms with van der Waals surface area (Å²) in [6.07, 6.45) is 0. The molecule has 4 heterocycles. The Balaban J connectivity index is 1.02. The van der Waals surface area contributed by atoms with Crippen LogP contribution < -0.4 is 19.8 Å². The van der Waals surface area contributed by atoms with Gasteiger partial charge in [-0.3, -0.25) is 0 Å². The Morgan fingerprint density at radius 3 is 1.80 bits per heavy atom. The van der Waals surface area contributed by atoms with Crippen molar-refractivity contribution in [3.63, 3.8) is 0 Å². The molecule has 0 fully saturated rings. The van der Waals surface area contributed by atoms with Gasteiger partial charge >= 0.3 is 346 Å². The Bertz CT molecular complexity index is 3940. The van der Waals surface area contributed by atoms with Gasteiger partial charge in [0.25, 0.3) is 0 Å². The number of pyridine rings is 1. The number of anilines is 4. The number of para-hydroxylation sites is 6. The van der Waals surface area contributed by atoms with Gasteiger partial charge in [-0.25, -0.2) is 0 Å².